The van der Waals surface area contributed by atoms with Gasteiger partial charge in [0.1, 0.15) is 0 Å². The standard InChI is InChI=1S/C78H52N4Si2/c1-3-26-56(27-4-1)83(57-28-5-2-6-29-57)74-44-19-17-42-72(74)82-73-43-18-20-45-75(73)84(77-47-23-46-76(83)78(77)82,58-30-21-24-53(50-58)79-66-37-12-7-32-60(66)61-33-8-13-38-67(61)79)59-31-22-25-54(51-59)80-70-41-16-11-36-64(70)65-52-55(48-49-71(65)80)81-68-39-14-9-34-62(68)63-35-10-15-40-69(63)81/h1-52H. The third kappa shape index (κ3) is 6.30. The molecule has 5 heterocycles. The minimum Gasteiger partial charge on any atom is -0.311 e. The molecule has 6 heteroatoms. The van der Waals surface area contributed by atoms with Gasteiger partial charge in [-0.15, -0.1) is 0 Å². The molecule has 84 heavy (non-hydrogen) atoms. The molecule has 13 aromatic carbocycles. The first kappa shape index (κ1) is 47.2. The third-order valence-electron chi connectivity index (χ3n) is 18.7. The van der Waals surface area contributed by atoms with E-state index in [1.165, 1.54) is 124 Å². The van der Waals surface area contributed by atoms with Gasteiger partial charge in [-0.25, -0.2) is 0 Å². The summed E-state index contributed by atoms with van der Waals surface area (Å²) in [5, 5.41) is 18.5. The molecule has 1 atom stereocenters. The Morgan fingerprint density at radius 1 is 0.202 bits per heavy atom. The molecule has 0 saturated heterocycles. The lowest BCUT2D eigenvalue weighted by Gasteiger charge is -2.52. The van der Waals surface area contributed by atoms with Crippen molar-refractivity contribution in [2.24, 2.45) is 0 Å². The van der Waals surface area contributed by atoms with Gasteiger partial charge >= 0.3 is 0 Å². The van der Waals surface area contributed by atoms with Gasteiger partial charge in [0.2, 0.25) is 0 Å². The van der Waals surface area contributed by atoms with Crippen molar-refractivity contribution in [3.8, 4) is 17.1 Å². The predicted molar refractivity (Wildman–Crippen MR) is 358 cm³/mol. The van der Waals surface area contributed by atoms with Crippen LogP contribution in [0.25, 0.3) is 82.5 Å². The van der Waals surface area contributed by atoms with E-state index in [2.05, 4.69) is 334 Å². The van der Waals surface area contributed by atoms with E-state index in [1.54, 1.807) is 0 Å². The Labute approximate surface area is 488 Å². The average Bonchev–Trinajstić information content (AvgIpc) is 1.13. The maximum atomic E-state index is 2.67. The SMILES string of the molecule is c1ccc([Si]2(c3ccccc3)c3ccccc3N3c4ccccc4[Si](c4cccc(-n5c6ccccc6c6ccccc65)c4)(c4cccc(-n5c6ccccc6c6cc(-n7c8ccccc8c8ccccc87)ccc65)c4)c4cccc2c43)cc1. The lowest BCUT2D eigenvalue weighted by Crippen LogP contribution is -2.82. The van der Waals surface area contributed by atoms with Gasteiger partial charge in [0.15, 0.2) is 16.1 Å². The molecule has 16 aromatic rings. The first-order valence-electron chi connectivity index (χ1n) is 29.2. The smallest absolute Gasteiger partial charge is 0.184 e. The van der Waals surface area contributed by atoms with Crippen LogP contribution in [0.5, 0.6) is 0 Å². The molecule has 0 radical (unpaired) electrons. The van der Waals surface area contributed by atoms with Gasteiger partial charge in [-0.3, -0.25) is 0 Å². The molecule has 4 nitrogen and oxygen atoms in total. The van der Waals surface area contributed by atoms with Gasteiger partial charge in [0.05, 0.1) is 33.1 Å². The molecule has 0 amide bonds. The number of hydrogen-bond donors (Lipinski definition) is 0. The quantitative estimate of drug-likeness (QED) is 0.145. The Bertz CT molecular complexity index is 5220. The molecule has 0 bridgehead atoms. The van der Waals surface area contributed by atoms with Crippen LogP contribution in [0.4, 0.5) is 17.1 Å². The summed E-state index contributed by atoms with van der Waals surface area (Å²) in [6.45, 7) is 0. The highest BCUT2D eigenvalue weighted by molar-refractivity contribution is 7.24. The summed E-state index contributed by atoms with van der Waals surface area (Å²) < 4.78 is 7.47. The van der Waals surface area contributed by atoms with E-state index in [0.29, 0.717) is 0 Å². The second-order valence-electron chi connectivity index (χ2n) is 22.7. The Morgan fingerprint density at radius 3 is 0.952 bits per heavy atom. The highest BCUT2D eigenvalue weighted by Crippen LogP contribution is 2.43. The topological polar surface area (TPSA) is 18.0 Å². The molecular formula is C78H52N4Si2. The molecule has 3 aromatic heterocycles. The van der Waals surface area contributed by atoms with Crippen molar-refractivity contribution in [1.29, 1.82) is 0 Å². The van der Waals surface area contributed by atoms with Crippen LogP contribution in [-0.4, -0.2) is 29.8 Å². The highest BCUT2D eigenvalue weighted by atomic mass is 28.3. The van der Waals surface area contributed by atoms with Crippen molar-refractivity contribution in [3.63, 3.8) is 0 Å². The second kappa shape index (κ2) is 18.0. The molecule has 2 aliphatic heterocycles. The summed E-state index contributed by atoms with van der Waals surface area (Å²) in [5.41, 5.74) is 14.4. The lowest BCUT2D eigenvalue weighted by molar-refractivity contribution is 1.17. The van der Waals surface area contributed by atoms with Crippen LogP contribution in [0, 0.1) is 0 Å². The summed E-state index contributed by atoms with van der Waals surface area (Å²) in [6, 6.07) is 120. The van der Waals surface area contributed by atoms with E-state index in [9.17, 15) is 0 Å². The van der Waals surface area contributed by atoms with Gasteiger partial charge in [0, 0.05) is 66.4 Å². The number of aromatic nitrogens is 3. The summed E-state index contributed by atoms with van der Waals surface area (Å²) in [4.78, 5) is 2.67. The fourth-order valence-electron chi connectivity index (χ4n) is 15.5. The zero-order chi connectivity index (χ0) is 55.1. The van der Waals surface area contributed by atoms with Crippen molar-refractivity contribution < 1.29 is 0 Å². The Balaban J connectivity index is 0.947. The summed E-state index contributed by atoms with van der Waals surface area (Å²) in [6.07, 6.45) is 0. The number of hydrogen-bond acceptors (Lipinski definition) is 1. The molecule has 0 saturated carbocycles. The number of fused-ring (bicyclic) bond motifs is 13. The van der Waals surface area contributed by atoms with Crippen LogP contribution in [0.2, 0.25) is 0 Å². The zero-order valence-electron chi connectivity index (χ0n) is 45.8. The number of nitrogens with zero attached hydrogens (tertiary/aromatic N) is 4. The highest BCUT2D eigenvalue weighted by Gasteiger charge is 2.56. The number of para-hydroxylation sites is 8. The van der Waals surface area contributed by atoms with E-state index in [0.717, 1.165) is 17.1 Å². The van der Waals surface area contributed by atoms with Crippen molar-refractivity contribution in [1.82, 2.24) is 13.7 Å². The minimum atomic E-state index is -3.42. The fourth-order valence-corrected chi connectivity index (χ4v) is 25.9. The van der Waals surface area contributed by atoms with Crippen LogP contribution in [0.15, 0.2) is 315 Å². The molecule has 0 fully saturated rings. The van der Waals surface area contributed by atoms with Gasteiger partial charge in [-0.1, -0.05) is 231 Å². The van der Waals surface area contributed by atoms with Crippen molar-refractivity contribution >= 4 is 140 Å². The van der Waals surface area contributed by atoms with Gasteiger partial charge in [0.25, 0.3) is 0 Å². The number of rotatable bonds is 7. The van der Waals surface area contributed by atoms with Crippen LogP contribution in [0.3, 0.4) is 0 Å². The molecule has 1 unspecified atom stereocenters. The molecule has 0 aliphatic carbocycles. The summed E-state index contributed by atoms with van der Waals surface area (Å²) in [5.74, 6) is 0. The van der Waals surface area contributed by atoms with Gasteiger partial charge in [-0.05, 0) is 126 Å². The van der Waals surface area contributed by atoms with E-state index < -0.39 is 16.1 Å². The molecule has 0 spiro atoms. The average molecular weight is 1100 g/mol. The molecule has 2 aliphatic rings. The maximum absolute atomic E-state index is 3.42. The van der Waals surface area contributed by atoms with Crippen LogP contribution in [-0.2, 0) is 0 Å². The fraction of sp³-hybridized carbons (Fsp3) is 0. The Hall–Kier alpha value is -10.5. The second-order valence-corrected chi connectivity index (χ2v) is 30.2. The van der Waals surface area contributed by atoms with Crippen LogP contribution < -0.4 is 46.4 Å². The van der Waals surface area contributed by atoms with Gasteiger partial charge in [-0.2, -0.15) is 0 Å². The first-order chi connectivity index (χ1) is 41.7. The van der Waals surface area contributed by atoms with Gasteiger partial charge < -0.3 is 18.6 Å². The van der Waals surface area contributed by atoms with Crippen molar-refractivity contribution in [2.45, 2.75) is 0 Å². The van der Waals surface area contributed by atoms with E-state index in [4.69, 9.17) is 0 Å². The lowest BCUT2D eigenvalue weighted by atomic mass is 10.1. The van der Waals surface area contributed by atoms with E-state index in [-0.39, 0.29) is 0 Å². The summed E-state index contributed by atoms with van der Waals surface area (Å²) >= 11 is 0. The Kier molecular flexibility index (Phi) is 10.1. The molecule has 0 N–H and O–H groups in total. The third-order valence-corrected chi connectivity index (χ3v) is 28.4. The molecular weight excluding hydrogens is 1050 g/mol. The minimum absolute atomic E-state index is 1.14. The Morgan fingerprint density at radius 2 is 0.512 bits per heavy atom. The van der Waals surface area contributed by atoms with Crippen molar-refractivity contribution in [2.75, 3.05) is 4.90 Å². The molecule has 392 valence electrons. The van der Waals surface area contributed by atoms with Crippen molar-refractivity contribution in [3.05, 3.63) is 315 Å². The number of benzene rings is 13. The summed E-state index contributed by atoms with van der Waals surface area (Å²) in [7, 11) is -6.46. The van der Waals surface area contributed by atoms with Crippen LogP contribution in [0.1, 0.15) is 0 Å². The van der Waals surface area contributed by atoms with E-state index in [1.807, 2.05) is 0 Å². The molecule has 18 rings (SSSR count). The zero-order valence-corrected chi connectivity index (χ0v) is 47.8. The van der Waals surface area contributed by atoms with Crippen LogP contribution >= 0.6 is 0 Å². The number of anilines is 3. The monoisotopic (exact) mass is 1100 g/mol. The maximum Gasteiger partial charge on any atom is 0.184 e. The van der Waals surface area contributed by atoms with E-state index >= 15 is 0 Å². The largest absolute Gasteiger partial charge is 0.311 e. The normalized spacial score (nSPS) is 15.0. The predicted octanol–water partition coefficient (Wildman–Crippen LogP) is 13.8. The first-order valence-corrected chi connectivity index (χ1v) is 33.2.